The molecular weight excluding hydrogens is 362 g/mol. The third kappa shape index (κ3) is 4.22. The molecule has 0 bridgehead atoms. The van der Waals surface area contributed by atoms with Gasteiger partial charge in [-0.25, -0.2) is 0 Å². The standard InChI is InChI=1S/C17H20ClN3O3S/c1-2-19-17(23)14-7-6-13(25-14)12-4-3-9-21(12)16(22)8-5-11-10-15(18)20-24-11/h6-7,10,12H,2-5,8-9H2,1H3,(H,19,23)/t12-/m1/s1. The molecule has 2 amide bonds. The smallest absolute Gasteiger partial charge is 0.261 e. The fourth-order valence-electron chi connectivity index (χ4n) is 3.04. The molecule has 0 aromatic carbocycles. The van der Waals surface area contributed by atoms with Crippen LogP contribution in [0.2, 0.25) is 5.15 Å². The molecule has 2 aromatic rings. The lowest BCUT2D eigenvalue weighted by atomic mass is 10.1. The number of rotatable bonds is 6. The van der Waals surface area contributed by atoms with Crippen LogP contribution >= 0.6 is 22.9 Å². The Morgan fingerprint density at radius 1 is 1.48 bits per heavy atom. The number of hydrogen-bond donors (Lipinski definition) is 1. The number of thiophene rings is 1. The molecule has 134 valence electrons. The number of aryl methyl sites for hydroxylation is 1. The van der Waals surface area contributed by atoms with Gasteiger partial charge in [0.25, 0.3) is 5.91 Å². The molecule has 1 aliphatic rings. The Bertz CT molecular complexity index is 758. The highest BCUT2D eigenvalue weighted by Crippen LogP contribution is 2.36. The first kappa shape index (κ1) is 17.9. The first-order valence-electron chi connectivity index (χ1n) is 8.37. The van der Waals surface area contributed by atoms with Crippen LogP contribution in [0.25, 0.3) is 0 Å². The van der Waals surface area contributed by atoms with Crippen LogP contribution in [0.4, 0.5) is 0 Å². The van der Waals surface area contributed by atoms with Gasteiger partial charge in [0.1, 0.15) is 5.76 Å². The molecule has 0 saturated carbocycles. The summed E-state index contributed by atoms with van der Waals surface area (Å²) in [6.45, 7) is 3.24. The third-order valence-corrected chi connectivity index (χ3v) is 5.57. The second kappa shape index (κ2) is 8.01. The van der Waals surface area contributed by atoms with E-state index in [2.05, 4.69) is 10.5 Å². The van der Waals surface area contributed by atoms with Crippen LogP contribution in [0.5, 0.6) is 0 Å². The van der Waals surface area contributed by atoms with E-state index in [1.165, 1.54) is 11.3 Å². The van der Waals surface area contributed by atoms with Crippen molar-refractivity contribution < 1.29 is 14.1 Å². The molecule has 1 aliphatic heterocycles. The van der Waals surface area contributed by atoms with E-state index >= 15 is 0 Å². The van der Waals surface area contributed by atoms with Crippen molar-refractivity contribution in [1.29, 1.82) is 0 Å². The lowest BCUT2D eigenvalue weighted by Gasteiger charge is -2.23. The van der Waals surface area contributed by atoms with Crippen molar-refractivity contribution in [1.82, 2.24) is 15.4 Å². The van der Waals surface area contributed by atoms with Gasteiger partial charge in [-0.05, 0) is 31.9 Å². The minimum atomic E-state index is -0.0585. The Kier molecular flexibility index (Phi) is 5.75. The zero-order valence-electron chi connectivity index (χ0n) is 14.0. The fourth-order valence-corrected chi connectivity index (χ4v) is 4.27. The summed E-state index contributed by atoms with van der Waals surface area (Å²) in [5.74, 6) is 0.642. The molecule has 0 unspecified atom stereocenters. The van der Waals surface area contributed by atoms with Gasteiger partial charge in [0.2, 0.25) is 5.91 Å². The van der Waals surface area contributed by atoms with Gasteiger partial charge in [0.05, 0.1) is 10.9 Å². The van der Waals surface area contributed by atoms with Crippen LogP contribution < -0.4 is 5.32 Å². The number of hydrogen-bond acceptors (Lipinski definition) is 5. The van der Waals surface area contributed by atoms with Crippen molar-refractivity contribution in [2.45, 2.75) is 38.6 Å². The maximum Gasteiger partial charge on any atom is 0.261 e. The van der Waals surface area contributed by atoms with Crippen LogP contribution in [0.15, 0.2) is 22.7 Å². The lowest BCUT2D eigenvalue weighted by molar-refractivity contribution is -0.132. The molecule has 25 heavy (non-hydrogen) atoms. The van der Waals surface area contributed by atoms with Crippen molar-refractivity contribution in [3.8, 4) is 0 Å². The minimum absolute atomic E-state index is 0.0546. The van der Waals surface area contributed by atoms with Crippen LogP contribution in [-0.4, -0.2) is 35.0 Å². The zero-order valence-corrected chi connectivity index (χ0v) is 15.5. The highest BCUT2D eigenvalue weighted by molar-refractivity contribution is 7.14. The van der Waals surface area contributed by atoms with Crippen molar-refractivity contribution in [2.75, 3.05) is 13.1 Å². The van der Waals surface area contributed by atoms with Gasteiger partial charge in [-0.2, -0.15) is 0 Å². The highest BCUT2D eigenvalue weighted by Gasteiger charge is 2.31. The Balaban J connectivity index is 1.63. The average molecular weight is 382 g/mol. The number of carbonyl (C=O) groups excluding carboxylic acids is 2. The third-order valence-electron chi connectivity index (χ3n) is 4.20. The summed E-state index contributed by atoms with van der Waals surface area (Å²) in [5.41, 5.74) is 0. The van der Waals surface area contributed by atoms with Crippen molar-refractivity contribution in [3.63, 3.8) is 0 Å². The second-order valence-electron chi connectivity index (χ2n) is 5.92. The van der Waals surface area contributed by atoms with Crippen LogP contribution in [0.3, 0.4) is 0 Å². The molecule has 3 rings (SSSR count). The molecule has 0 spiro atoms. The van der Waals surface area contributed by atoms with Crippen molar-refractivity contribution >= 4 is 34.8 Å². The summed E-state index contributed by atoms with van der Waals surface area (Å²) >= 11 is 7.19. The molecule has 3 heterocycles. The fraction of sp³-hybridized carbons (Fsp3) is 0.471. The maximum atomic E-state index is 12.6. The predicted octanol–water partition coefficient (Wildman–Crippen LogP) is 3.44. The first-order valence-corrected chi connectivity index (χ1v) is 9.56. The largest absolute Gasteiger partial charge is 0.360 e. The van der Waals surface area contributed by atoms with Crippen LogP contribution in [0.1, 0.15) is 52.5 Å². The number of nitrogens with zero attached hydrogens (tertiary/aromatic N) is 2. The lowest BCUT2D eigenvalue weighted by Crippen LogP contribution is -2.30. The summed E-state index contributed by atoms with van der Waals surface area (Å²) in [7, 11) is 0. The molecule has 0 radical (unpaired) electrons. The minimum Gasteiger partial charge on any atom is -0.360 e. The van der Waals surface area contributed by atoms with Gasteiger partial charge >= 0.3 is 0 Å². The first-order chi connectivity index (χ1) is 12.1. The molecular formula is C17H20ClN3O3S. The second-order valence-corrected chi connectivity index (χ2v) is 7.43. The number of likely N-dealkylation sites (tertiary alicyclic amines) is 1. The van der Waals surface area contributed by atoms with E-state index in [4.69, 9.17) is 16.1 Å². The van der Waals surface area contributed by atoms with Crippen molar-refractivity contribution in [3.05, 3.63) is 38.9 Å². The van der Waals surface area contributed by atoms with Gasteiger partial charge in [0.15, 0.2) is 5.15 Å². The van der Waals surface area contributed by atoms with Gasteiger partial charge in [-0.1, -0.05) is 16.8 Å². The predicted molar refractivity (Wildman–Crippen MR) is 95.8 cm³/mol. The number of aromatic nitrogens is 1. The van der Waals surface area contributed by atoms with Gasteiger partial charge in [-0.3, -0.25) is 9.59 Å². The molecule has 1 atom stereocenters. The molecule has 2 aromatic heterocycles. The van der Waals surface area contributed by atoms with Gasteiger partial charge in [-0.15, -0.1) is 11.3 Å². The van der Waals surface area contributed by atoms with E-state index < -0.39 is 0 Å². The summed E-state index contributed by atoms with van der Waals surface area (Å²) < 4.78 is 5.05. The molecule has 1 saturated heterocycles. The van der Waals surface area contributed by atoms with E-state index in [9.17, 15) is 9.59 Å². The normalized spacial score (nSPS) is 17.0. The SMILES string of the molecule is CCNC(=O)c1ccc([C@H]2CCCN2C(=O)CCc2cc(Cl)no2)s1. The quantitative estimate of drug-likeness (QED) is 0.831. The van der Waals surface area contributed by atoms with Crippen molar-refractivity contribution in [2.24, 2.45) is 0 Å². The molecule has 8 heteroatoms. The average Bonchev–Trinajstić information content (AvgIpc) is 3.32. The summed E-state index contributed by atoms with van der Waals surface area (Å²) in [6.07, 6.45) is 2.74. The Hall–Kier alpha value is -1.86. The Morgan fingerprint density at radius 2 is 2.32 bits per heavy atom. The monoisotopic (exact) mass is 381 g/mol. The van der Waals surface area contributed by atoms with E-state index in [1.807, 2.05) is 24.0 Å². The molecule has 6 nitrogen and oxygen atoms in total. The highest BCUT2D eigenvalue weighted by atomic mass is 35.5. The van der Waals surface area contributed by atoms with E-state index in [0.717, 1.165) is 24.3 Å². The van der Waals surface area contributed by atoms with Crippen LogP contribution in [-0.2, 0) is 11.2 Å². The summed E-state index contributed by atoms with van der Waals surface area (Å²) in [5, 5.41) is 6.73. The van der Waals surface area contributed by atoms with E-state index in [0.29, 0.717) is 35.2 Å². The number of halogens is 1. The van der Waals surface area contributed by atoms with E-state index in [1.54, 1.807) is 6.07 Å². The van der Waals surface area contributed by atoms with E-state index in [-0.39, 0.29) is 17.9 Å². The number of amides is 2. The molecule has 0 aliphatic carbocycles. The van der Waals surface area contributed by atoms with Gasteiger partial charge in [0, 0.05) is 36.9 Å². The molecule has 1 fully saturated rings. The Morgan fingerprint density at radius 3 is 3.04 bits per heavy atom. The number of nitrogens with one attached hydrogen (secondary N) is 1. The Labute approximate surface area is 155 Å². The topological polar surface area (TPSA) is 75.4 Å². The summed E-state index contributed by atoms with van der Waals surface area (Å²) in [6, 6.07) is 5.48. The summed E-state index contributed by atoms with van der Waals surface area (Å²) in [4.78, 5) is 28.2. The molecule has 1 N–H and O–H groups in total. The van der Waals surface area contributed by atoms with Crippen LogP contribution in [0, 0.1) is 0 Å². The maximum absolute atomic E-state index is 12.6. The van der Waals surface area contributed by atoms with Gasteiger partial charge < -0.3 is 14.7 Å². The zero-order chi connectivity index (χ0) is 17.8. The number of carbonyl (C=O) groups is 2.